The van der Waals surface area contributed by atoms with Crippen LogP contribution in [0.3, 0.4) is 0 Å². The summed E-state index contributed by atoms with van der Waals surface area (Å²) in [5.41, 5.74) is 0. The Balaban J connectivity index is 1.49. The summed E-state index contributed by atoms with van der Waals surface area (Å²) in [5, 5.41) is 0. The van der Waals surface area contributed by atoms with Crippen molar-refractivity contribution >= 4 is 27.7 Å². The second kappa shape index (κ2) is 10.4. The number of benzene rings is 1. The van der Waals surface area contributed by atoms with Crippen LogP contribution in [0.4, 0.5) is 4.39 Å². The lowest BCUT2D eigenvalue weighted by Crippen LogP contribution is -2.50. The average molecular weight is 469 g/mol. The van der Waals surface area contributed by atoms with E-state index in [9.17, 15) is 27.2 Å². The smallest absolute Gasteiger partial charge is 0.243 e. The van der Waals surface area contributed by atoms with E-state index in [-0.39, 0.29) is 55.1 Å². The van der Waals surface area contributed by atoms with Crippen molar-refractivity contribution in [2.45, 2.75) is 31.1 Å². The van der Waals surface area contributed by atoms with Crippen molar-refractivity contribution in [2.24, 2.45) is 0 Å². The summed E-state index contributed by atoms with van der Waals surface area (Å²) in [4.78, 5) is 41.4. The number of hydrogen-bond donors (Lipinski definition) is 0. The van der Waals surface area contributed by atoms with Gasteiger partial charge >= 0.3 is 0 Å². The standard InChI is InChI=1S/C21H29FN4O5S/c1-17(27)23-11-13-25(14-12-23)21(29)8-7-20(28)24-9-2-10-26(16-15-24)32(30,31)19-5-3-18(22)4-6-19/h3-6H,2,7-16H2,1H3. The second-order valence-electron chi connectivity index (χ2n) is 7.98. The molecule has 0 atom stereocenters. The Kier molecular flexibility index (Phi) is 7.83. The first-order valence-corrected chi connectivity index (χ1v) is 12.2. The summed E-state index contributed by atoms with van der Waals surface area (Å²) in [6.07, 6.45) is 0.635. The molecule has 0 N–H and O–H groups in total. The van der Waals surface area contributed by atoms with E-state index in [0.717, 1.165) is 12.1 Å². The van der Waals surface area contributed by atoms with Gasteiger partial charge in [-0.3, -0.25) is 14.4 Å². The molecule has 11 heteroatoms. The molecular weight excluding hydrogens is 439 g/mol. The molecule has 0 saturated carbocycles. The monoisotopic (exact) mass is 468 g/mol. The Morgan fingerprint density at radius 1 is 0.781 bits per heavy atom. The molecule has 9 nitrogen and oxygen atoms in total. The first kappa shape index (κ1) is 24.1. The summed E-state index contributed by atoms with van der Waals surface area (Å²) in [5.74, 6) is -0.811. The molecule has 0 aliphatic carbocycles. The van der Waals surface area contributed by atoms with Gasteiger partial charge in [0, 0.05) is 72.1 Å². The Hall–Kier alpha value is -2.53. The van der Waals surface area contributed by atoms with E-state index in [1.807, 2.05) is 0 Å². The van der Waals surface area contributed by atoms with Crippen LogP contribution in [0.2, 0.25) is 0 Å². The molecule has 2 fully saturated rings. The number of piperazine rings is 1. The number of amides is 3. The van der Waals surface area contributed by atoms with E-state index in [1.165, 1.54) is 23.4 Å². The predicted octanol–water partition coefficient (Wildman–Crippen LogP) is 0.520. The third-order valence-electron chi connectivity index (χ3n) is 5.89. The third kappa shape index (κ3) is 5.83. The molecule has 1 aromatic rings. The van der Waals surface area contributed by atoms with Crippen LogP contribution in [-0.4, -0.2) is 97.5 Å². The summed E-state index contributed by atoms with van der Waals surface area (Å²) in [6, 6.07) is 4.69. The van der Waals surface area contributed by atoms with Gasteiger partial charge in [-0.25, -0.2) is 12.8 Å². The fourth-order valence-corrected chi connectivity index (χ4v) is 5.41. The van der Waals surface area contributed by atoms with E-state index in [0.29, 0.717) is 39.1 Å². The number of carbonyl (C=O) groups is 3. The lowest BCUT2D eigenvalue weighted by molar-refractivity contribution is -0.140. The molecule has 2 aliphatic heterocycles. The van der Waals surface area contributed by atoms with Crippen LogP contribution < -0.4 is 0 Å². The minimum absolute atomic E-state index is 0.0103. The molecule has 1 aromatic carbocycles. The highest BCUT2D eigenvalue weighted by Gasteiger charge is 2.29. The molecule has 0 unspecified atom stereocenters. The Bertz CT molecular complexity index is 945. The Morgan fingerprint density at radius 3 is 1.84 bits per heavy atom. The highest BCUT2D eigenvalue weighted by molar-refractivity contribution is 7.89. The number of rotatable bonds is 5. The van der Waals surface area contributed by atoms with E-state index < -0.39 is 15.8 Å². The number of nitrogens with zero attached hydrogens (tertiary/aromatic N) is 4. The maximum atomic E-state index is 13.1. The largest absolute Gasteiger partial charge is 0.341 e. The molecule has 2 aliphatic rings. The van der Waals surface area contributed by atoms with Gasteiger partial charge in [0.2, 0.25) is 27.7 Å². The Morgan fingerprint density at radius 2 is 1.28 bits per heavy atom. The molecule has 2 heterocycles. The van der Waals surface area contributed by atoms with Gasteiger partial charge in [0.15, 0.2) is 0 Å². The fraction of sp³-hybridized carbons (Fsp3) is 0.571. The van der Waals surface area contributed by atoms with Gasteiger partial charge in [-0.05, 0) is 30.7 Å². The normalized spacial score (nSPS) is 18.4. The van der Waals surface area contributed by atoms with Crippen molar-refractivity contribution in [3.8, 4) is 0 Å². The first-order valence-electron chi connectivity index (χ1n) is 10.8. The third-order valence-corrected chi connectivity index (χ3v) is 7.80. The van der Waals surface area contributed by atoms with E-state index >= 15 is 0 Å². The molecule has 0 bridgehead atoms. The van der Waals surface area contributed by atoms with Crippen LogP contribution in [-0.2, 0) is 24.4 Å². The predicted molar refractivity (Wildman–Crippen MR) is 114 cm³/mol. The van der Waals surface area contributed by atoms with Crippen molar-refractivity contribution in [3.05, 3.63) is 30.1 Å². The zero-order valence-corrected chi connectivity index (χ0v) is 19.0. The van der Waals surface area contributed by atoms with Crippen LogP contribution in [0.1, 0.15) is 26.2 Å². The molecule has 0 spiro atoms. The average Bonchev–Trinajstić information content (AvgIpc) is 3.04. The maximum Gasteiger partial charge on any atom is 0.243 e. The van der Waals surface area contributed by atoms with Crippen LogP contribution >= 0.6 is 0 Å². The number of carbonyl (C=O) groups excluding carboxylic acids is 3. The highest BCUT2D eigenvalue weighted by Crippen LogP contribution is 2.18. The van der Waals surface area contributed by atoms with E-state index in [2.05, 4.69) is 0 Å². The van der Waals surface area contributed by atoms with Crippen LogP contribution in [0, 0.1) is 5.82 Å². The zero-order valence-electron chi connectivity index (χ0n) is 18.2. The van der Waals surface area contributed by atoms with Gasteiger partial charge < -0.3 is 14.7 Å². The fourth-order valence-electron chi connectivity index (χ4n) is 3.94. The second-order valence-corrected chi connectivity index (χ2v) is 9.92. The van der Waals surface area contributed by atoms with E-state index in [4.69, 9.17) is 0 Å². The van der Waals surface area contributed by atoms with Crippen molar-refractivity contribution in [2.75, 3.05) is 52.4 Å². The molecule has 0 aromatic heterocycles. The number of sulfonamides is 1. The van der Waals surface area contributed by atoms with Gasteiger partial charge in [0.05, 0.1) is 4.90 Å². The van der Waals surface area contributed by atoms with Gasteiger partial charge in [0.1, 0.15) is 5.82 Å². The Labute approximate surface area is 187 Å². The summed E-state index contributed by atoms with van der Waals surface area (Å²) < 4.78 is 40.1. The summed E-state index contributed by atoms with van der Waals surface area (Å²) in [7, 11) is -3.76. The van der Waals surface area contributed by atoms with Gasteiger partial charge in [-0.2, -0.15) is 4.31 Å². The minimum atomic E-state index is -3.76. The van der Waals surface area contributed by atoms with E-state index in [1.54, 1.807) is 14.7 Å². The lowest BCUT2D eigenvalue weighted by Gasteiger charge is -2.34. The molecule has 32 heavy (non-hydrogen) atoms. The van der Waals surface area contributed by atoms with Crippen LogP contribution in [0.25, 0.3) is 0 Å². The van der Waals surface area contributed by atoms with Crippen LogP contribution in [0.5, 0.6) is 0 Å². The topological polar surface area (TPSA) is 98.3 Å². The van der Waals surface area contributed by atoms with Crippen molar-refractivity contribution < 1.29 is 27.2 Å². The molecule has 176 valence electrons. The quantitative estimate of drug-likeness (QED) is 0.628. The van der Waals surface area contributed by atoms with Crippen molar-refractivity contribution in [1.82, 2.24) is 19.0 Å². The zero-order chi connectivity index (χ0) is 23.3. The molecule has 2 saturated heterocycles. The summed E-state index contributed by atoms with van der Waals surface area (Å²) in [6.45, 7) is 4.50. The minimum Gasteiger partial charge on any atom is -0.341 e. The first-order chi connectivity index (χ1) is 15.2. The van der Waals surface area contributed by atoms with Crippen molar-refractivity contribution in [3.63, 3.8) is 0 Å². The van der Waals surface area contributed by atoms with Crippen LogP contribution in [0.15, 0.2) is 29.2 Å². The molecule has 0 radical (unpaired) electrons. The molecular formula is C21H29FN4O5S. The van der Waals surface area contributed by atoms with Gasteiger partial charge in [-0.1, -0.05) is 0 Å². The van der Waals surface area contributed by atoms with Gasteiger partial charge in [-0.15, -0.1) is 0 Å². The van der Waals surface area contributed by atoms with Crippen molar-refractivity contribution in [1.29, 1.82) is 0 Å². The molecule has 3 amide bonds. The highest BCUT2D eigenvalue weighted by atomic mass is 32.2. The van der Waals surface area contributed by atoms with Gasteiger partial charge in [0.25, 0.3) is 0 Å². The number of hydrogen-bond acceptors (Lipinski definition) is 5. The summed E-state index contributed by atoms with van der Waals surface area (Å²) >= 11 is 0. The SMILES string of the molecule is CC(=O)N1CCN(C(=O)CCC(=O)N2CCCN(S(=O)(=O)c3ccc(F)cc3)CC2)CC1. The lowest BCUT2D eigenvalue weighted by atomic mass is 10.2. The maximum absolute atomic E-state index is 13.1. The number of halogens is 1. The molecule has 3 rings (SSSR count).